The fraction of sp³-hybridized carbons (Fsp3) is 0.767. The molecule has 4 heterocycles. The molecular weight excluding hydrogens is 482 g/mol. The molecule has 8 nitrogen and oxygen atoms in total. The fourth-order valence-corrected chi connectivity index (χ4v) is 9.66. The number of hydrogen-bond donors (Lipinski definition) is 2. The summed E-state index contributed by atoms with van der Waals surface area (Å²) in [5.41, 5.74) is 0.761. The van der Waals surface area contributed by atoms with Crippen LogP contribution < -0.4 is 4.74 Å². The van der Waals surface area contributed by atoms with E-state index in [0.29, 0.717) is 38.5 Å². The summed E-state index contributed by atoms with van der Waals surface area (Å²) in [5, 5.41) is 23.8. The molecule has 2 saturated carbocycles. The summed E-state index contributed by atoms with van der Waals surface area (Å²) in [6.07, 6.45) is 8.34. The lowest BCUT2D eigenvalue weighted by atomic mass is 9.45. The van der Waals surface area contributed by atoms with Crippen LogP contribution in [0.25, 0.3) is 0 Å². The molecule has 1 amide bonds. The minimum atomic E-state index is -0.861. The molecule has 0 radical (unpaired) electrons. The Bertz CT molecular complexity index is 1150. The van der Waals surface area contributed by atoms with E-state index in [0.717, 1.165) is 76.2 Å². The fourth-order valence-electron chi connectivity index (χ4n) is 9.66. The molecule has 5 fully saturated rings. The van der Waals surface area contributed by atoms with Crippen LogP contribution in [0.15, 0.2) is 12.1 Å². The molecule has 8 rings (SSSR count). The Morgan fingerprint density at radius 3 is 2.71 bits per heavy atom. The van der Waals surface area contributed by atoms with Crippen LogP contribution in [0.4, 0.5) is 0 Å². The maximum absolute atomic E-state index is 13.1. The summed E-state index contributed by atoms with van der Waals surface area (Å²) >= 11 is 0. The number of amides is 1. The van der Waals surface area contributed by atoms with Crippen molar-refractivity contribution in [3.63, 3.8) is 0 Å². The Hall–Kier alpha value is -1.87. The number of carbonyl (C=O) groups is 1. The molecule has 0 unspecified atom stereocenters. The predicted octanol–water partition coefficient (Wildman–Crippen LogP) is 2.04. The van der Waals surface area contributed by atoms with Crippen molar-refractivity contribution in [2.45, 2.75) is 86.5 Å². The average Bonchev–Trinajstić information content (AvgIpc) is 3.54. The van der Waals surface area contributed by atoms with E-state index in [-0.39, 0.29) is 29.3 Å². The highest BCUT2D eigenvalue weighted by Crippen LogP contribution is 2.69. The molecule has 5 atom stereocenters. The Morgan fingerprint density at radius 1 is 1.05 bits per heavy atom. The second-order valence-corrected chi connectivity index (χ2v) is 13.2. The van der Waals surface area contributed by atoms with Crippen molar-refractivity contribution >= 4 is 5.91 Å². The van der Waals surface area contributed by atoms with Crippen molar-refractivity contribution < 1.29 is 24.5 Å². The SMILES string of the molecule is O=C(CCN1CCC[C@]12CC[C@@]1(O)[C@H]3Cc4ccc(O)c5c4[C@@]1(CCN3CC1CC1)[C@H]2O5)N1CCOCC1. The molecule has 3 saturated heterocycles. The number of hydrogen-bond acceptors (Lipinski definition) is 7. The van der Waals surface area contributed by atoms with Gasteiger partial charge in [-0.2, -0.15) is 0 Å². The van der Waals surface area contributed by atoms with E-state index in [1.54, 1.807) is 6.07 Å². The van der Waals surface area contributed by atoms with Gasteiger partial charge in [-0.05, 0) is 82.0 Å². The molecule has 1 aromatic carbocycles. The molecule has 1 aromatic rings. The highest BCUT2D eigenvalue weighted by molar-refractivity contribution is 5.76. The number of nitrogens with zero attached hydrogens (tertiary/aromatic N) is 3. The van der Waals surface area contributed by atoms with Gasteiger partial charge in [-0.1, -0.05) is 6.07 Å². The Kier molecular flexibility index (Phi) is 5.25. The third-order valence-corrected chi connectivity index (χ3v) is 11.6. The van der Waals surface area contributed by atoms with Gasteiger partial charge in [-0.25, -0.2) is 0 Å². The molecule has 8 heteroatoms. The highest BCUT2D eigenvalue weighted by atomic mass is 16.5. The van der Waals surface area contributed by atoms with E-state index >= 15 is 0 Å². The van der Waals surface area contributed by atoms with Crippen molar-refractivity contribution in [1.29, 1.82) is 0 Å². The molecule has 7 aliphatic rings. The second kappa shape index (κ2) is 8.32. The van der Waals surface area contributed by atoms with Gasteiger partial charge < -0.3 is 24.6 Å². The van der Waals surface area contributed by atoms with Crippen LogP contribution >= 0.6 is 0 Å². The number of phenolic OH excluding ortho intramolecular Hbond substituents is 1. The van der Waals surface area contributed by atoms with Crippen LogP contribution in [0.5, 0.6) is 11.5 Å². The number of ether oxygens (including phenoxy) is 2. The molecule has 2 N–H and O–H groups in total. The minimum absolute atomic E-state index is 0.0982. The standard InChI is InChI=1S/C30H41N3O5/c34-22-5-4-21-18-23-30(36)9-8-28(7-1-11-33(28)12-6-24(35)31-14-16-37-17-15-31)27-29(30,25(21)26(22)38-27)10-13-32(23)19-20-2-3-20/h4-5,20,23,27,34,36H,1-3,6-19H2/t23-,27+,28-,29+,30-/m1/s1. The number of carbonyl (C=O) groups excluding carboxylic acids is 1. The van der Waals surface area contributed by atoms with Crippen molar-refractivity contribution in [2.75, 3.05) is 52.5 Å². The van der Waals surface area contributed by atoms with Gasteiger partial charge in [0.15, 0.2) is 11.5 Å². The lowest BCUT2D eigenvalue weighted by Gasteiger charge is -2.67. The number of piperidine rings is 1. The number of aliphatic hydroxyl groups is 1. The third kappa shape index (κ3) is 3.09. The van der Waals surface area contributed by atoms with Gasteiger partial charge in [0.2, 0.25) is 5.91 Å². The number of likely N-dealkylation sites (tertiary alicyclic amines) is 2. The summed E-state index contributed by atoms with van der Waals surface area (Å²) in [6, 6.07) is 3.98. The van der Waals surface area contributed by atoms with Crippen LogP contribution in [0.3, 0.4) is 0 Å². The highest BCUT2D eigenvalue weighted by Gasteiger charge is 2.76. The Morgan fingerprint density at radius 2 is 1.89 bits per heavy atom. The molecule has 3 aliphatic carbocycles. The van der Waals surface area contributed by atoms with Gasteiger partial charge in [0, 0.05) is 44.2 Å². The predicted molar refractivity (Wildman–Crippen MR) is 140 cm³/mol. The zero-order valence-electron chi connectivity index (χ0n) is 22.4. The smallest absolute Gasteiger partial charge is 0.224 e. The Balaban J connectivity index is 1.15. The second-order valence-electron chi connectivity index (χ2n) is 13.2. The lowest BCUT2D eigenvalue weighted by molar-refractivity contribution is -0.217. The summed E-state index contributed by atoms with van der Waals surface area (Å²) < 4.78 is 12.4. The molecule has 2 bridgehead atoms. The molecular formula is C30H41N3O5. The van der Waals surface area contributed by atoms with Crippen LogP contribution in [0.1, 0.15) is 62.5 Å². The number of morpholine rings is 1. The average molecular weight is 524 g/mol. The zero-order valence-corrected chi connectivity index (χ0v) is 22.4. The van der Waals surface area contributed by atoms with Gasteiger partial charge in [-0.3, -0.25) is 14.6 Å². The summed E-state index contributed by atoms with van der Waals surface area (Å²) in [4.78, 5) is 20.1. The van der Waals surface area contributed by atoms with Gasteiger partial charge in [0.25, 0.3) is 0 Å². The monoisotopic (exact) mass is 523 g/mol. The maximum atomic E-state index is 13.1. The lowest BCUT2D eigenvalue weighted by Crippen LogP contribution is -2.80. The topological polar surface area (TPSA) is 85.7 Å². The van der Waals surface area contributed by atoms with E-state index < -0.39 is 11.0 Å². The van der Waals surface area contributed by atoms with Gasteiger partial charge in [0.05, 0.1) is 29.8 Å². The largest absolute Gasteiger partial charge is 0.504 e. The van der Waals surface area contributed by atoms with E-state index in [1.807, 2.05) is 4.90 Å². The van der Waals surface area contributed by atoms with E-state index in [1.165, 1.54) is 18.4 Å². The van der Waals surface area contributed by atoms with Crippen LogP contribution in [-0.2, 0) is 21.4 Å². The zero-order chi connectivity index (χ0) is 25.7. The number of phenols is 1. The van der Waals surface area contributed by atoms with Crippen LogP contribution in [0, 0.1) is 5.92 Å². The Labute approximate surface area is 224 Å². The van der Waals surface area contributed by atoms with Crippen molar-refractivity contribution in [3.8, 4) is 11.5 Å². The third-order valence-electron chi connectivity index (χ3n) is 11.6. The molecule has 4 aliphatic heterocycles. The number of aromatic hydroxyl groups is 1. The molecule has 206 valence electrons. The van der Waals surface area contributed by atoms with E-state index in [2.05, 4.69) is 15.9 Å². The van der Waals surface area contributed by atoms with Gasteiger partial charge >= 0.3 is 0 Å². The first kappa shape index (κ1) is 24.0. The summed E-state index contributed by atoms with van der Waals surface area (Å²) in [6.45, 7) is 6.36. The first-order valence-corrected chi connectivity index (χ1v) is 15.1. The van der Waals surface area contributed by atoms with Crippen molar-refractivity contribution in [2.24, 2.45) is 5.92 Å². The summed E-state index contributed by atoms with van der Waals surface area (Å²) in [5.74, 6) is 1.82. The normalized spacial score (nSPS) is 39.9. The molecule has 38 heavy (non-hydrogen) atoms. The molecule has 0 aromatic heterocycles. The maximum Gasteiger partial charge on any atom is 0.224 e. The van der Waals surface area contributed by atoms with Gasteiger partial charge in [0.1, 0.15) is 6.10 Å². The van der Waals surface area contributed by atoms with Crippen LogP contribution in [0.2, 0.25) is 0 Å². The van der Waals surface area contributed by atoms with Gasteiger partial charge in [-0.15, -0.1) is 0 Å². The number of fused-ring (bicyclic) bond motifs is 1. The number of benzene rings is 1. The summed E-state index contributed by atoms with van der Waals surface area (Å²) in [7, 11) is 0. The van der Waals surface area contributed by atoms with E-state index in [4.69, 9.17) is 9.47 Å². The quantitative estimate of drug-likeness (QED) is 0.611. The van der Waals surface area contributed by atoms with Crippen molar-refractivity contribution in [3.05, 3.63) is 23.3 Å². The molecule has 2 spiro atoms. The minimum Gasteiger partial charge on any atom is -0.504 e. The van der Waals surface area contributed by atoms with E-state index in [9.17, 15) is 15.0 Å². The van der Waals surface area contributed by atoms with Crippen molar-refractivity contribution in [1.82, 2.24) is 14.7 Å². The van der Waals surface area contributed by atoms with Crippen LogP contribution in [-0.4, -0.2) is 107 Å². The number of rotatable bonds is 5. The first-order chi connectivity index (χ1) is 18.5. The first-order valence-electron chi connectivity index (χ1n) is 15.1.